The zero-order chi connectivity index (χ0) is 10.8. The lowest BCUT2D eigenvalue weighted by Gasteiger charge is -2.31. The highest BCUT2D eigenvalue weighted by atomic mass is 16.2. The summed E-state index contributed by atoms with van der Waals surface area (Å²) in [7, 11) is 1.91. The Hall–Kier alpha value is -0.610. The fourth-order valence-electron chi connectivity index (χ4n) is 2.68. The van der Waals surface area contributed by atoms with E-state index in [-0.39, 0.29) is 11.9 Å². The molecule has 4 heteroatoms. The Morgan fingerprint density at radius 2 is 2.20 bits per heavy atom. The number of hydrogen-bond acceptors (Lipinski definition) is 3. The summed E-state index contributed by atoms with van der Waals surface area (Å²) in [6.07, 6.45) is 2.28. The number of carbonyl (C=O) groups excluding carboxylic acids is 1. The van der Waals surface area contributed by atoms with Gasteiger partial charge in [0.05, 0.1) is 6.04 Å². The highest BCUT2D eigenvalue weighted by molar-refractivity contribution is 5.81. The van der Waals surface area contributed by atoms with Gasteiger partial charge in [-0.05, 0) is 26.3 Å². The molecule has 2 rings (SSSR count). The van der Waals surface area contributed by atoms with Gasteiger partial charge in [-0.3, -0.25) is 9.69 Å². The van der Waals surface area contributed by atoms with Crippen LogP contribution in [0.15, 0.2) is 0 Å². The van der Waals surface area contributed by atoms with E-state index in [9.17, 15) is 4.79 Å². The molecule has 15 heavy (non-hydrogen) atoms. The van der Waals surface area contributed by atoms with Crippen LogP contribution in [0.2, 0.25) is 0 Å². The number of amides is 1. The van der Waals surface area contributed by atoms with E-state index < -0.39 is 0 Å². The molecule has 86 valence electrons. The van der Waals surface area contributed by atoms with Crippen molar-refractivity contribution in [2.45, 2.75) is 31.8 Å². The highest BCUT2D eigenvalue weighted by Crippen LogP contribution is 2.17. The maximum Gasteiger partial charge on any atom is 0.239 e. The molecule has 0 aromatic carbocycles. The highest BCUT2D eigenvalue weighted by Gasteiger charge is 2.32. The number of likely N-dealkylation sites (N-methyl/N-ethyl adjacent to an activating group) is 1. The van der Waals surface area contributed by atoms with Gasteiger partial charge in [-0.15, -0.1) is 0 Å². The monoisotopic (exact) mass is 211 g/mol. The van der Waals surface area contributed by atoms with Crippen molar-refractivity contribution in [1.82, 2.24) is 15.1 Å². The zero-order valence-corrected chi connectivity index (χ0v) is 9.70. The Morgan fingerprint density at radius 3 is 2.87 bits per heavy atom. The normalized spacial score (nSPS) is 34.5. The summed E-state index contributed by atoms with van der Waals surface area (Å²) in [5.74, 6) is 0.277. The minimum absolute atomic E-state index is 0.0578. The van der Waals surface area contributed by atoms with Crippen LogP contribution in [0.25, 0.3) is 0 Å². The van der Waals surface area contributed by atoms with E-state index >= 15 is 0 Å². The molecular formula is C11H21N3O. The van der Waals surface area contributed by atoms with Gasteiger partial charge in [0.1, 0.15) is 0 Å². The molecule has 0 aromatic heterocycles. The minimum atomic E-state index is 0.0578. The van der Waals surface area contributed by atoms with Gasteiger partial charge in [-0.1, -0.05) is 0 Å². The van der Waals surface area contributed by atoms with Crippen LogP contribution in [0.3, 0.4) is 0 Å². The van der Waals surface area contributed by atoms with E-state index in [2.05, 4.69) is 10.2 Å². The first-order chi connectivity index (χ1) is 7.20. The molecule has 4 nitrogen and oxygen atoms in total. The number of rotatable bonds is 1. The van der Waals surface area contributed by atoms with Crippen molar-refractivity contribution >= 4 is 5.91 Å². The third-order valence-corrected chi connectivity index (χ3v) is 3.64. The van der Waals surface area contributed by atoms with Crippen LogP contribution in [0.5, 0.6) is 0 Å². The van der Waals surface area contributed by atoms with Crippen LogP contribution in [0.1, 0.15) is 19.8 Å². The Morgan fingerprint density at radius 1 is 1.40 bits per heavy atom. The lowest BCUT2D eigenvalue weighted by molar-refractivity contribution is -0.134. The van der Waals surface area contributed by atoms with Crippen LogP contribution < -0.4 is 5.32 Å². The smallest absolute Gasteiger partial charge is 0.239 e. The van der Waals surface area contributed by atoms with Crippen molar-refractivity contribution in [1.29, 1.82) is 0 Å². The third kappa shape index (κ3) is 2.16. The Balaban J connectivity index is 2.06. The lowest BCUT2D eigenvalue weighted by Crippen LogP contribution is -2.48. The van der Waals surface area contributed by atoms with Crippen LogP contribution in [0, 0.1) is 0 Å². The van der Waals surface area contributed by atoms with Gasteiger partial charge >= 0.3 is 0 Å². The first-order valence-electron chi connectivity index (χ1n) is 5.91. The average molecular weight is 211 g/mol. The van der Waals surface area contributed by atoms with Gasteiger partial charge in [-0.25, -0.2) is 0 Å². The van der Waals surface area contributed by atoms with Crippen molar-refractivity contribution in [2.75, 3.05) is 33.2 Å². The predicted octanol–water partition coefficient (Wildman–Crippen LogP) is -0.0991. The van der Waals surface area contributed by atoms with Gasteiger partial charge in [0.15, 0.2) is 0 Å². The minimum Gasteiger partial charge on any atom is -0.344 e. The van der Waals surface area contributed by atoms with Crippen molar-refractivity contribution in [3.63, 3.8) is 0 Å². The molecular weight excluding hydrogens is 190 g/mol. The number of carbonyl (C=O) groups is 1. The molecule has 2 atom stereocenters. The summed E-state index contributed by atoms with van der Waals surface area (Å²) < 4.78 is 0. The second kappa shape index (κ2) is 4.49. The van der Waals surface area contributed by atoms with E-state index in [4.69, 9.17) is 0 Å². The molecule has 1 amide bonds. The lowest BCUT2D eigenvalue weighted by atomic mass is 10.1. The standard InChI is InChI=1S/C11H21N3O/c1-9-11(15)13(2)6-3-7-14(9)10-4-5-12-8-10/h9-10,12H,3-8H2,1-2H3. The predicted molar refractivity (Wildman–Crippen MR) is 59.7 cm³/mol. The van der Waals surface area contributed by atoms with E-state index in [1.807, 2.05) is 18.9 Å². The first kappa shape index (κ1) is 10.9. The van der Waals surface area contributed by atoms with Crippen molar-refractivity contribution < 1.29 is 4.79 Å². The quantitative estimate of drug-likeness (QED) is 0.658. The van der Waals surface area contributed by atoms with Crippen LogP contribution in [-0.2, 0) is 4.79 Å². The molecule has 2 unspecified atom stereocenters. The van der Waals surface area contributed by atoms with Gasteiger partial charge in [0.25, 0.3) is 0 Å². The third-order valence-electron chi connectivity index (χ3n) is 3.64. The average Bonchev–Trinajstić information content (AvgIpc) is 2.71. The maximum absolute atomic E-state index is 12.0. The van der Waals surface area contributed by atoms with Crippen molar-refractivity contribution in [3.8, 4) is 0 Å². The zero-order valence-electron chi connectivity index (χ0n) is 9.70. The van der Waals surface area contributed by atoms with Crippen LogP contribution in [-0.4, -0.2) is 61.0 Å². The first-order valence-corrected chi connectivity index (χ1v) is 5.91. The molecule has 2 aliphatic rings. The fourth-order valence-corrected chi connectivity index (χ4v) is 2.68. The number of hydrogen-bond donors (Lipinski definition) is 1. The molecule has 2 saturated heterocycles. The second-order valence-electron chi connectivity index (χ2n) is 4.67. The molecule has 0 aliphatic carbocycles. The topological polar surface area (TPSA) is 35.6 Å². The maximum atomic E-state index is 12.0. The van der Waals surface area contributed by atoms with Crippen molar-refractivity contribution in [3.05, 3.63) is 0 Å². The SMILES string of the molecule is CC1C(=O)N(C)CCCN1C1CCNC1. The molecule has 0 radical (unpaired) electrons. The number of nitrogens with zero attached hydrogens (tertiary/aromatic N) is 2. The molecule has 0 spiro atoms. The largest absolute Gasteiger partial charge is 0.344 e. The second-order valence-corrected chi connectivity index (χ2v) is 4.67. The molecule has 2 aliphatic heterocycles. The van der Waals surface area contributed by atoms with Gasteiger partial charge in [0.2, 0.25) is 5.91 Å². The summed E-state index contributed by atoms with van der Waals surface area (Å²) in [6.45, 7) is 6.14. The summed E-state index contributed by atoms with van der Waals surface area (Å²) in [4.78, 5) is 16.2. The molecule has 2 heterocycles. The van der Waals surface area contributed by atoms with E-state index in [0.717, 1.165) is 32.6 Å². The fraction of sp³-hybridized carbons (Fsp3) is 0.909. The van der Waals surface area contributed by atoms with Gasteiger partial charge in [0, 0.05) is 32.7 Å². The summed E-state index contributed by atoms with van der Waals surface area (Å²) in [5, 5.41) is 3.37. The van der Waals surface area contributed by atoms with Crippen molar-refractivity contribution in [2.24, 2.45) is 0 Å². The molecule has 0 bridgehead atoms. The van der Waals surface area contributed by atoms with E-state index in [0.29, 0.717) is 6.04 Å². The van der Waals surface area contributed by atoms with Crippen LogP contribution >= 0.6 is 0 Å². The summed E-state index contributed by atoms with van der Waals surface area (Å²) >= 11 is 0. The molecule has 0 saturated carbocycles. The van der Waals surface area contributed by atoms with E-state index in [1.165, 1.54) is 6.42 Å². The Kier molecular flexibility index (Phi) is 3.26. The Bertz CT molecular complexity index is 238. The van der Waals surface area contributed by atoms with Gasteiger partial charge in [-0.2, -0.15) is 0 Å². The summed E-state index contributed by atoms with van der Waals surface area (Å²) in [6, 6.07) is 0.623. The molecule has 1 N–H and O–H groups in total. The van der Waals surface area contributed by atoms with Gasteiger partial charge < -0.3 is 10.2 Å². The van der Waals surface area contributed by atoms with Crippen LogP contribution in [0.4, 0.5) is 0 Å². The molecule has 0 aromatic rings. The molecule has 2 fully saturated rings. The van der Waals surface area contributed by atoms with E-state index in [1.54, 1.807) is 0 Å². The summed E-state index contributed by atoms with van der Waals surface area (Å²) in [5.41, 5.74) is 0. The Labute approximate surface area is 91.6 Å². The number of nitrogens with one attached hydrogen (secondary N) is 1.